The van der Waals surface area contributed by atoms with E-state index >= 15 is 0 Å². The molecule has 0 saturated carbocycles. The smallest absolute Gasteiger partial charge is 0.218 e. The van der Waals surface area contributed by atoms with Crippen LogP contribution >= 0.6 is 46.4 Å². The van der Waals surface area contributed by atoms with Gasteiger partial charge in [0.05, 0.1) is 27.9 Å². The second kappa shape index (κ2) is 7.38. The Morgan fingerprint density at radius 2 is 1.60 bits per heavy atom. The molecule has 0 aliphatic carbocycles. The molecule has 0 fully saturated rings. The molecule has 0 aliphatic rings. The van der Waals surface area contributed by atoms with Gasteiger partial charge in [-0.25, -0.2) is 9.97 Å². The Hall–Kier alpha value is -1.52. The van der Waals surface area contributed by atoms with Gasteiger partial charge >= 0.3 is 0 Å². The zero-order valence-electron chi connectivity index (χ0n) is 13.3. The molecule has 0 aliphatic heterocycles. The maximum absolute atomic E-state index is 6.64. The van der Waals surface area contributed by atoms with Crippen molar-refractivity contribution in [3.05, 3.63) is 62.3 Å². The highest BCUT2D eigenvalue weighted by molar-refractivity contribution is 6.44. The molecule has 0 bridgehead atoms. The number of ether oxygens (including phenoxy) is 1. The third kappa shape index (κ3) is 3.42. The summed E-state index contributed by atoms with van der Waals surface area (Å²) in [5.41, 5.74) is 3.51. The van der Waals surface area contributed by atoms with E-state index in [1.165, 1.54) is 0 Å². The predicted molar refractivity (Wildman–Crippen MR) is 104 cm³/mol. The van der Waals surface area contributed by atoms with E-state index in [4.69, 9.17) is 51.1 Å². The van der Waals surface area contributed by atoms with Crippen LogP contribution in [-0.4, -0.2) is 17.1 Å². The van der Waals surface area contributed by atoms with Crippen LogP contribution in [0.3, 0.4) is 0 Å². The lowest BCUT2D eigenvalue weighted by molar-refractivity contribution is 0.395. The van der Waals surface area contributed by atoms with E-state index in [1.54, 1.807) is 25.4 Å². The van der Waals surface area contributed by atoms with Gasteiger partial charge in [0.25, 0.3) is 0 Å². The number of hydrogen-bond donors (Lipinski definition) is 0. The standard InChI is InChI=1S/C18H12Cl4N2O/c1-9-13(19)8-14(24-18(9)25-2)12-5-3-4-10(15(12)20)11-6-7-23-17(22)16(11)21/h3-8H,1-2H3. The molecule has 128 valence electrons. The number of hydrogen-bond acceptors (Lipinski definition) is 3. The van der Waals surface area contributed by atoms with Gasteiger partial charge in [-0.2, -0.15) is 0 Å². The van der Waals surface area contributed by atoms with E-state index < -0.39 is 0 Å². The monoisotopic (exact) mass is 412 g/mol. The number of benzene rings is 1. The summed E-state index contributed by atoms with van der Waals surface area (Å²) in [5, 5.41) is 1.60. The van der Waals surface area contributed by atoms with Crippen LogP contribution in [0.4, 0.5) is 0 Å². The molecule has 3 aromatic rings. The van der Waals surface area contributed by atoms with Crippen molar-refractivity contribution >= 4 is 46.4 Å². The van der Waals surface area contributed by atoms with Gasteiger partial charge in [-0.3, -0.25) is 0 Å². The molecule has 3 rings (SSSR count). The van der Waals surface area contributed by atoms with Gasteiger partial charge in [0.2, 0.25) is 5.88 Å². The molecule has 7 heteroatoms. The van der Waals surface area contributed by atoms with Gasteiger partial charge in [-0.05, 0) is 19.1 Å². The van der Waals surface area contributed by atoms with Crippen molar-refractivity contribution < 1.29 is 4.74 Å². The number of nitrogens with zero attached hydrogens (tertiary/aromatic N) is 2. The van der Waals surface area contributed by atoms with Crippen molar-refractivity contribution in [2.45, 2.75) is 6.92 Å². The van der Waals surface area contributed by atoms with Crippen LogP contribution in [0.5, 0.6) is 5.88 Å². The fourth-order valence-electron chi connectivity index (χ4n) is 2.46. The van der Waals surface area contributed by atoms with E-state index in [9.17, 15) is 0 Å². The van der Waals surface area contributed by atoms with Crippen LogP contribution in [0.25, 0.3) is 22.4 Å². The Bertz CT molecular complexity index is 960. The molecule has 0 N–H and O–H groups in total. The zero-order valence-corrected chi connectivity index (χ0v) is 16.3. The topological polar surface area (TPSA) is 35.0 Å². The van der Waals surface area contributed by atoms with Crippen molar-refractivity contribution in [1.29, 1.82) is 0 Å². The number of aromatic nitrogens is 2. The maximum Gasteiger partial charge on any atom is 0.218 e. The molecule has 3 nitrogen and oxygen atoms in total. The van der Waals surface area contributed by atoms with Gasteiger partial charge in [-0.15, -0.1) is 0 Å². The van der Waals surface area contributed by atoms with Crippen LogP contribution < -0.4 is 4.74 Å². The van der Waals surface area contributed by atoms with Crippen LogP contribution in [0, 0.1) is 6.92 Å². The van der Waals surface area contributed by atoms with Crippen molar-refractivity contribution in [2.24, 2.45) is 0 Å². The predicted octanol–water partition coefficient (Wildman–Crippen LogP) is 6.74. The minimum atomic E-state index is 0.221. The molecule has 0 saturated heterocycles. The van der Waals surface area contributed by atoms with Crippen LogP contribution in [0.2, 0.25) is 20.2 Å². The third-order valence-electron chi connectivity index (χ3n) is 3.77. The Morgan fingerprint density at radius 1 is 0.920 bits per heavy atom. The number of pyridine rings is 2. The van der Waals surface area contributed by atoms with Gasteiger partial charge in [0.15, 0.2) is 0 Å². The van der Waals surface area contributed by atoms with Gasteiger partial charge in [-0.1, -0.05) is 64.6 Å². The normalized spacial score (nSPS) is 10.8. The summed E-state index contributed by atoms with van der Waals surface area (Å²) in [4.78, 5) is 8.46. The highest BCUT2D eigenvalue weighted by Crippen LogP contribution is 2.41. The third-order valence-corrected chi connectivity index (χ3v) is 5.34. The molecule has 2 aromatic heterocycles. The molecule has 2 heterocycles. The van der Waals surface area contributed by atoms with E-state index in [0.29, 0.717) is 37.8 Å². The summed E-state index contributed by atoms with van der Waals surface area (Å²) < 4.78 is 5.29. The SMILES string of the molecule is COc1nc(-c2cccc(-c3ccnc(Cl)c3Cl)c2Cl)cc(Cl)c1C. The first-order valence-corrected chi connectivity index (χ1v) is 8.75. The summed E-state index contributed by atoms with van der Waals surface area (Å²) in [5.74, 6) is 0.453. The second-order valence-corrected chi connectivity index (χ2v) is 6.78. The minimum absolute atomic E-state index is 0.221. The lowest BCUT2D eigenvalue weighted by Crippen LogP contribution is -1.95. The first kappa shape index (κ1) is 18.3. The van der Waals surface area contributed by atoms with Gasteiger partial charge in [0, 0.05) is 28.5 Å². The summed E-state index contributed by atoms with van der Waals surface area (Å²) in [6, 6.07) is 9.09. The second-order valence-electron chi connectivity index (χ2n) is 5.25. The number of methoxy groups -OCH3 is 1. The van der Waals surface area contributed by atoms with Crippen LogP contribution in [0.15, 0.2) is 36.5 Å². The van der Waals surface area contributed by atoms with Gasteiger partial charge < -0.3 is 4.74 Å². The number of rotatable bonds is 3. The highest BCUT2D eigenvalue weighted by atomic mass is 35.5. The molecular weight excluding hydrogens is 402 g/mol. The van der Waals surface area contributed by atoms with Crippen LogP contribution in [0.1, 0.15) is 5.56 Å². The summed E-state index contributed by atoms with van der Waals surface area (Å²) >= 11 is 25.2. The quantitative estimate of drug-likeness (QED) is 0.446. The number of halogens is 4. The molecule has 0 radical (unpaired) electrons. The first-order valence-electron chi connectivity index (χ1n) is 7.24. The Kier molecular flexibility index (Phi) is 5.40. The molecule has 0 amide bonds. The van der Waals surface area contributed by atoms with Crippen molar-refractivity contribution in [2.75, 3.05) is 7.11 Å². The minimum Gasteiger partial charge on any atom is -0.481 e. The molecule has 25 heavy (non-hydrogen) atoms. The fourth-order valence-corrected chi connectivity index (χ4v) is 3.34. The Labute approximate surface area is 165 Å². The van der Waals surface area contributed by atoms with E-state index in [-0.39, 0.29) is 5.15 Å². The average Bonchev–Trinajstić information content (AvgIpc) is 2.60. The molecule has 0 unspecified atom stereocenters. The van der Waals surface area contributed by atoms with Crippen molar-refractivity contribution in [1.82, 2.24) is 9.97 Å². The molecule has 1 aromatic carbocycles. The highest BCUT2D eigenvalue weighted by Gasteiger charge is 2.17. The Balaban J connectivity index is 2.21. The fraction of sp³-hybridized carbons (Fsp3) is 0.111. The summed E-state index contributed by atoms with van der Waals surface area (Å²) in [6.45, 7) is 1.84. The first-order chi connectivity index (χ1) is 11.9. The zero-order chi connectivity index (χ0) is 18.1. The molecule has 0 spiro atoms. The van der Waals surface area contributed by atoms with Gasteiger partial charge in [0.1, 0.15) is 5.15 Å². The summed E-state index contributed by atoms with van der Waals surface area (Å²) in [6.07, 6.45) is 1.58. The summed E-state index contributed by atoms with van der Waals surface area (Å²) in [7, 11) is 1.55. The lowest BCUT2D eigenvalue weighted by atomic mass is 10.0. The maximum atomic E-state index is 6.64. The van der Waals surface area contributed by atoms with E-state index in [2.05, 4.69) is 9.97 Å². The van der Waals surface area contributed by atoms with E-state index in [1.807, 2.05) is 25.1 Å². The Morgan fingerprint density at radius 3 is 2.32 bits per heavy atom. The lowest BCUT2D eigenvalue weighted by Gasteiger charge is -2.13. The van der Waals surface area contributed by atoms with Crippen molar-refractivity contribution in [3.8, 4) is 28.3 Å². The molecule has 0 atom stereocenters. The van der Waals surface area contributed by atoms with Crippen molar-refractivity contribution in [3.63, 3.8) is 0 Å². The molecular formula is C18H12Cl4N2O. The van der Waals surface area contributed by atoms with Crippen LogP contribution in [-0.2, 0) is 0 Å². The average molecular weight is 414 g/mol. The largest absolute Gasteiger partial charge is 0.481 e. The van der Waals surface area contributed by atoms with E-state index in [0.717, 1.165) is 11.1 Å².